The Bertz CT molecular complexity index is 1270. The molecule has 3 aromatic carbocycles. The fraction of sp³-hybridized carbons (Fsp3) is 0.296. The predicted molar refractivity (Wildman–Crippen MR) is 135 cm³/mol. The van der Waals surface area contributed by atoms with E-state index in [1.54, 1.807) is 30.3 Å². The Kier molecular flexibility index (Phi) is 7.31. The lowest BCUT2D eigenvalue weighted by molar-refractivity contribution is -0.120. The number of sulfonamides is 1. The number of nitrogens with zero attached hydrogens (tertiary/aromatic N) is 1. The van der Waals surface area contributed by atoms with Gasteiger partial charge in [0.25, 0.3) is 10.0 Å². The second-order valence-corrected chi connectivity index (χ2v) is 10.6. The normalized spacial score (nSPS) is 13.8. The van der Waals surface area contributed by atoms with Crippen molar-refractivity contribution < 1.29 is 22.7 Å². The Hall–Kier alpha value is -3.52. The number of hydrogen-bond acceptors (Lipinski definition) is 5. The fourth-order valence-corrected chi connectivity index (χ4v) is 5.33. The van der Waals surface area contributed by atoms with Gasteiger partial charge in [0.15, 0.2) is 11.5 Å². The molecule has 35 heavy (non-hydrogen) atoms. The molecule has 0 fully saturated rings. The van der Waals surface area contributed by atoms with Gasteiger partial charge < -0.3 is 14.8 Å². The summed E-state index contributed by atoms with van der Waals surface area (Å²) in [7, 11) is -3.96. The van der Waals surface area contributed by atoms with E-state index >= 15 is 0 Å². The number of amides is 1. The first-order chi connectivity index (χ1) is 16.8. The molecule has 8 heteroatoms. The van der Waals surface area contributed by atoms with Crippen molar-refractivity contribution in [1.29, 1.82) is 0 Å². The second kappa shape index (κ2) is 10.4. The Morgan fingerprint density at radius 1 is 0.886 bits per heavy atom. The smallest absolute Gasteiger partial charge is 0.264 e. The average Bonchev–Trinajstić information content (AvgIpc) is 2.87. The number of carbonyl (C=O) groups excluding carboxylic acids is 1. The lowest BCUT2D eigenvalue weighted by Crippen LogP contribution is -2.41. The van der Waals surface area contributed by atoms with E-state index in [2.05, 4.69) is 19.2 Å². The zero-order valence-electron chi connectivity index (χ0n) is 20.1. The zero-order chi connectivity index (χ0) is 25.0. The van der Waals surface area contributed by atoms with Crippen LogP contribution in [0.4, 0.5) is 5.69 Å². The molecular weight excluding hydrogens is 464 g/mol. The van der Waals surface area contributed by atoms with Crippen molar-refractivity contribution in [3.05, 3.63) is 83.9 Å². The van der Waals surface area contributed by atoms with Gasteiger partial charge in [-0.1, -0.05) is 50.2 Å². The van der Waals surface area contributed by atoms with E-state index in [4.69, 9.17) is 9.47 Å². The van der Waals surface area contributed by atoms with Crippen LogP contribution in [0.5, 0.6) is 11.5 Å². The molecule has 3 aromatic rings. The molecule has 4 rings (SSSR count). The number of nitrogens with one attached hydrogen (secondary N) is 1. The monoisotopic (exact) mass is 494 g/mol. The molecule has 0 saturated heterocycles. The van der Waals surface area contributed by atoms with Crippen LogP contribution < -0.4 is 19.1 Å². The van der Waals surface area contributed by atoms with Crippen molar-refractivity contribution in [3.8, 4) is 11.5 Å². The van der Waals surface area contributed by atoms with Crippen LogP contribution in [0.25, 0.3) is 0 Å². The SMILES string of the molecule is CC(C)c1ccc(N(CC(=O)N[C@H](C)c2ccc3c(c2)OCCO3)S(=O)(=O)c2ccccc2)cc1. The molecule has 1 N–H and O–H groups in total. The number of fused-ring (bicyclic) bond motifs is 1. The Labute approximate surface area is 206 Å². The average molecular weight is 495 g/mol. The summed E-state index contributed by atoms with van der Waals surface area (Å²) < 4.78 is 39.4. The highest BCUT2D eigenvalue weighted by molar-refractivity contribution is 7.92. The molecular formula is C27H30N2O5S. The van der Waals surface area contributed by atoms with E-state index in [1.807, 2.05) is 37.3 Å². The van der Waals surface area contributed by atoms with Gasteiger partial charge >= 0.3 is 0 Å². The number of benzene rings is 3. The highest BCUT2D eigenvalue weighted by atomic mass is 32.2. The topological polar surface area (TPSA) is 84.9 Å². The minimum Gasteiger partial charge on any atom is -0.486 e. The van der Waals surface area contributed by atoms with E-state index < -0.39 is 15.9 Å². The van der Waals surface area contributed by atoms with E-state index in [0.717, 1.165) is 15.4 Å². The fourth-order valence-electron chi connectivity index (χ4n) is 3.89. The molecule has 0 saturated carbocycles. The molecule has 1 aliphatic heterocycles. The first-order valence-electron chi connectivity index (χ1n) is 11.6. The maximum Gasteiger partial charge on any atom is 0.264 e. The van der Waals surface area contributed by atoms with Crippen LogP contribution in [0.2, 0.25) is 0 Å². The van der Waals surface area contributed by atoms with E-state index in [-0.39, 0.29) is 17.5 Å². The molecule has 1 atom stereocenters. The molecule has 0 aliphatic carbocycles. The van der Waals surface area contributed by atoms with Gasteiger partial charge in [-0.2, -0.15) is 0 Å². The first-order valence-corrected chi connectivity index (χ1v) is 13.1. The van der Waals surface area contributed by atoms with Gasteiger partial charge in [0.1, 0.15) is 19.8 Å². The van der Waals surface area contributed by atoms with Crippen molar-refractivity contribution in [2.75, 3.05) is 24.1 Å². The van der Waals surface area contributed by atoms with Crippen molar-refractivity contribution in [2.24, 2.45) is 0 Å². The quantitative estimate of drug-likeness (QED) is 0.493. The Morgan fingerprint density at radius 3 is 2.17 bits per heavy atom. The van der Waals surface area contributed by atoms with Crippen molar-refractivity contribution >= 4 is 21.6 Å². The highest BCUT2D eigenvalue weighted by Gasteiger charge is 2.28. The molecule has 0 unspecified atom stereocenters. The van der Waals surface area contributed by atoms with Crippen molar-refractivity contribution in [3.63, 3.8) is 0 Å². The number of anilines is 1. The van der Waals surface area contributed by atoms with E-state index in [0.29, 0.717) is 36.3 Å². The van der Waals surface area contributed by atoms with Crippen LogP contribution >= 0.6 is 0 Å². The third kappa shape index (κ3) is 5.59. The third-order valence-electron chi connectivity index (χ3n) is 5.91. The minimum absolute atomic E-state index is 0.126. The Morgan fingerprint density at radius 2 is 1.51 bits per heavy atom. The zero-order valence-corrected chi connectivity index (χ0v) is 20.9. The molecule has 1 heterocycles. The summed E-state index contributed by atoms with van der Waals surface area (Å²) in [6.45, 7) is 6.60. The lowest BCUT2D eigenvalue weighted by Gasteiger charge is -2.26. The summed E-state index contributed by atoms with van der Waals surface area (Å²) in [5, 5.41) is 2.91. The standard InChI is InChI=1S/C27H30N2O5S/c1-19(2)21-9-12-23(13-10-21)29(35(31,32)24-7-5-4-6-8-24)18-27(30)28-20(3)22-11-14-25-26(17-22)34-16-15-33-25/h4-14,17,19-20H,15-16,18H2,1-3H3,(H,28,30)/t20-/m1/s1. The summed E-state index contributed by atoms with van der Waals surface area (Å²) in [6, 6.07) is 20.6. The largest absolute Gasteiger partial charge is 0.486 e. The maximum atomic E-state index is 13.5. The third-order valence-corrected chi connectivity index (χ3v) is 7.70. The molecule has 0 aromatic heterocycles. The molecule has 1 aliphatic rings. The molecule has 184 valence electrons. The summed E-state index contributed by atoms with van der Waals surface area (Å²) in [4.78, 5) is 13.2. The second-order valence-electron chi connectivity index (χ2n) is 8.76. The molecule has 0 spiro atoms. The highest BCUT2D eigenvalue weighted by Crippen LogP contribution is 2.32. The summed E-state index contributed by atoms with van der Waals surface area (Å²) in [5.41, 5.74) is 2.35. The van der Waals surface area contributed by atoms with Crippen LogP contribution in [-0.4, -0.2) is 34.1 Å². The summed E-state index contributed by atoms with van der Waals surface area (Å²) in [5.74, 6) is 1.19. The minimum atomic E-state index is -3.96. The Balaban J connectivity index is 1.57. The van der Waals surface area contributed by atoms with Gasteiger partial charge in [0.2, 0.25) is 5.91 Å². The van der Waals surface area contributed by atoms with Crippen LogP contribution in [0.1, 0.15) is 43.9 Å². The van der Waals surface area contributed by atoms with Gasteiger partial charge in [-0.15, -0.1) is 0 Å². The van der Waals surface area contributed by atoms with Crippen molar-refractivity contribution in [1.82, 2.24) is 5.32 Å². The van der Waals surface area contributed by atoms with Crippen LogP contribution in [0.15, 0.2) is 77.7 Å². The van der Waals surface area contributed by atoms with E-state index in [1.165, 1.54) is 12.1 Å². The van der Waals surface area contributed by atoms with Gasteiger partial charge in [-0.05, 0) is 60.4 Å². The number of rotatable bonds is 8. The van der Waals surface area contributed by atoms with Gasteiger partial charge in [0, 0.05) is 0 Å². The number of ether oxygens (including phenoxy) is 2. The maximum absolute atomic E-state index is 13.5. The van der Waals surface area contributed by atoms with E-state index in [9.17, 15) is 13.2 Å². The molecule has 0 radical (unpaired) electrons. The molecule has 7 nitrogen and oxygen atoms in total. The summed E-state index contributed by atoms with van der Waals surface area (Å²) >= 11 is 0. The van der Waals surface area contributed by atoms with Gasteiger partial charge in [0.05, 0.1) is 16.6 Å². The van der Waals surface area contributed by atoms with Crippen LogP contribution in [0.3, 0.4) is 0 Å². The van der Waals surface area contributed by atoms with Gasteiger partial charge in [-0.25, -0.2) is 8.42 Å². The number of carbonyl (C=O) groups is 1. The van der Waals surface area contributed by atoms with Crippen molar-refractivity contribution in [2.45, 2.75) is 37.6 Å². The number of hydrogen-bond donors (Lipinski definition) is 1. The lowest BCUT2D eigenvalue weighted by atomic mass is 10.0. The predicted octanol–water partition coefficient (Wildman–Crippen LogP) is 4.65. The molecule has 0 bridgehead atoms. The van der Waals surface area contributed by atoms with Crippen LogP contribution in [0, 0.1) is 0 Å². The first kappa shape index (κ1) is 24.6. The van der Waals surface area contributed by atoms with Gasteiger partial charge in [-0.3, -0.25) is 9.10 Å². The molecule has 1 amide bonds. The van der Waals surface area contributed by atoms with Crippen LogP contribution in [-0.2, 0) is 14.8 Å². The summed E-state index contributed by atoms with van der Waals surface area (Å²) in [6.07, 6.45) is 0.